The number of anilines is 1. The van der Waals surface area contributed by atoms with Gasteiger partial charge in [0.15, 0.2) is 5.13 Å². The minimum absolute atomic E-state index is 0.0408. The van der Waals surface area contributed by atoms with E-state index in [2.05, 4.69) is 0 Å². The molecule has 1 aromatic heterocycles. The van der Waals surface area contributed by atoms with Gasteiger partial charge in [0.2, 0.25) is 0 Å². The summed E-state index contributed by atoms with van der Waals surface area (Å²) in [6.45, 7) is 2.58. The Morgan fingerprint density at radius 3 is 2.37 bits per heavy atom. The van der Waals surface area contributed by atoms with Crippen molar-refractivity contribution < 1.29 is 28.9 Å². The second kappa shape index (κ2) is 12.0. The molecule has 0 bridgehead atoms. The predicted octanol–water partition coefficient (Wildman–Crippen LogP) is 7.51. The third-order valence-electron chi connectivity index (χ3n) is 6.99. The maximum Gasteiger partial charge on any atom is 0.301 e. The summed E-state index contributed by atoms with van der Waals surface area (Å²) in [6.07, 6.45) is 0.858. The number of aliphatic hydroxyl groups is 1. The maximum absolute atomic E-state index is 13.7. The van der Waals surface area contributed by atoms with Crippen molar-refractivity contribution >= 4 is 44.1 Å². The number of carbonyl (C=O) groups excluding carboxylic acids is 2. The van der Waals surface area contributed by atoms with Crippen molar-refractivity contribution in [3.05, 3.63) is 114 Å². The number of benzene rings is 4. The zero-order valence-corrected chi connectivity index (χ0v) is 24.3. The zero-order valence-electron chi connectivity index (χ0n) is 23.5. The number of ether oxygens (including phenoxy) is 3. The summed E-state index contributed by atoms with van der Waals surface area (Å²) in [7, 11) is 1.58. The van der Waals surface area contributed by atoms with Crippen LogP contribution in [-0.2, 0) is 9.59 Å². The van der Waals surface area contributed by atoms with Crippen LogP contribution in [0.4, 0.5) is 5.13 Å². The highest BCUT2D eigenvalue weighted by Crippen LogP contribution is 2.45. The molecule has 8 nitrogen and oxygen atoms in total. The van der Waals surface area contributed by atoms with E-state index in [-0.39, 0.29) is 11.3 Å². The second-order valence-corrected chi connectivity index (χ2v) is 10.9. The number of fused-ring (bicyclic) bond motifs is 1. The van der Waals surface area contributed by atoms with Gasteiger partial charge in [-0.25, -0.2) is 4.98 Å². The van der Waals surface area contributed by atoms with Gasteiger partial charge in [0.25, 0.3) is 5.78 Å². The van der Waals surface area contributed by atoms with Crippen LogP contribution in [0.1, 0.15) is 30.5 Å². The number of ketones is 1. The van der Waals surface area contributed by atoms with Crippen LogP contribution in [0.2, 0.25) is 0 Å². The lowest BCUT2D eigenvalue weighted by atomic mass is 9.95. The molecule has 1 saturated heterocycles. The molecule has 4 aromatic carbocycles. The Hall–Kier alpha value is -5.15. The van der Waals surface area contributed by atoms with Gasteiger partial charge in [-0.1, -0.05) is 48.6 Å². The monoisotopic (exact) mass is 592 g/mol. The van der Waals surface area contributed by atoms with E-state index >= 15 is 0 Å². The Bertz CT molecular complexity index is 1830. The van der Waals surface area contributed by atoms with Gasteiger partial charge in [-0.3, -0.25) is 14.5 Å². The Morgan fingerprint density at radius 1 is 0.884 bits per heavy atom. The van der Waals surface area contributed by atoms with Gasteiger partial charge in [-0.05, 0) is 78.7 Å². The molecule has 1 fully saturated rings. The SMILES string of the molecule is CCCOc1ccc(C(O)=C2C(=O)C(=O)N(c3nc4ccc(OC)cc4s3)C2c2cccc(Oc3ccccc3)c2)cc1. The summed E-state index contributed by atoms with van der Waals surface area (Å²) in [6, 6.07) is 27.7. The average molecular weight is 593 g/mol. The molecule has 2 heterocycles. The zero-order chi connectivity index (χ0) is 29.9. The number of para-hydroxylation sites is 1. The molecule has 1 amide bonds. The number of hydrogen-bond acceptors (Lipinski definition) is 8. The summed E-state index contributed by atoms with van der Waals surface area (Å²) in [5, 5.41) is 11.9. The number of methoxy groups -OCH3 is 1. The van der Waals surface area contributed by atoms with E-state index in [9.17, 15) is 14.7 Å². The van der Waals surface area contributed by atoms with Crippen molar-refractivity contribution in [2.45, 2.75) is 19.4 Å². The quantitative estimate of drug-likeness (QED) is 0.107. The molecule has 1 N–H and O–H groups in total. The summed E-state index contributed by atoms with van der Waals surface area (Å²) >= 11 is 1.26. The fraction of sp³-hybridized carbons (Fsp3) is 0.147. The van der Waals surface area contributed by atoms with Gasteiger partial charge in [-0.15, -0.1) is 0 Å². The van der Waals surface area contributed by atoms with E-state index in [1.165, 1.54) is 16.2 Å². The Kier molecular flexibility index (Phi) is 7.81. The fourth-order valence-corrected chi connectivity index (χ4v) is 5.95. The predicted molar refractivity (Wildman–Crippen MR) is 166 cm³/mol. The number of carbonyl (C=O) groups is 2. The normalized spacial score (nSPS) is 16.0. The molecule has 6 rings (SSSR count). The minimum Gasteiger partial charge on any atom is -0.507 e. The first-order valence-electron chi connectivity index (χ1n) is 13.8. The molecule has 0 saturated carbocycles. The number of hydrogen-bond donors (Lipinski definition) is 1. The lowest BCUT2D eigenvalue weighted by Crippen LogP contribution is -2.29. The second-order valence-electron chi connectivity index (χ2n) is 9.86. The number of aliphatic hydroxyl groups excluding tert-OH is 1. The molecule has 0 spiro atoms. The van der Waals surface area contributed by atoms with Gasteiger partial charge in [0.1, 0.15) is 28.8 Å². The van der Waals surface area contributed by atoms with Crippen molar-refractivity contribution in [1.82, 2.24) is 4.98 Å². The van der Waals surface area contributed by atoms with Crippen molar-refractivity contribution in [3.8, 4) is 23.0 Å². The first-order valence-corrected chi connectivity index (χ1v) is 14.6. The van der Waals surface area contributed by atoms with Crippen LogP contribution in [0.5, 0.6) is 23.0 Å². The molecule has 43 heavy (non-hydrogen) atoms. The van der Waals surface area contributed by atoms with Gasteiger partial charge in [0, 0.05) is 5.56 Å². The third-order valence-corrected chi connectivity index (χ3v) is 8.01. The maximum atomic E-state index is 13.7. The highest BCUT2D eigenvalue weighted by Gasteiger charge is 2.48. The number of thiazole rings is 1. The van der Waals surface area contributed by atoms with Crippen LogP contribution >= 0.6 is 11.3 Å². The van der Waals surface area contributed by atoms with Gasteiger partial charge >= 0.3 is 5.91 Å². The number of aromatic nitrogens is 1. The van der Waals surface area contributed by atoms with E-state index in [1.54, 1.807) is 67.8 Å². The minimum atomic E-state index is -0.960. The number of nitrogens with zero attached hydrogens (tertiary/aromatic N) is 2. The molecular weight excluding hydrogens is 564 g/mol. The number of rotatable bonds is 9. The molecule has 1 atom stereocenters. The first-order chi connectivity index (χ1) is 21.0. The van der Waals surface area contributed by atoms with Gasteiger partial charge in [-0.2, -0.15) is 0 Å². The third kappa shape index (κ3) is 5.54. The molecule has 9 heteroatoms. The topological polar surface area (TPSA) is 98.2 Å². The molecule has 1 unspecified atom stereocenters. The van der Waals surface area contributed by atoms with Crippen LogP contribution in [0.3, 0.4) is 0 Å². The smallest absolute Gasteiger partial charge is 0.301 e. The van der Waals surface area contributed by atoms with E-state index < -0.39 is 17.7 Å². The summed E-state index contributed by atoms with van der Waals surface area (Å²) in [5.41, 5.74) is 1.58. The Morgan fingerprint density at radius 2 is 1.63 bits per heavy atom. The molecule has 5 aromatic rings. The Balaban J connectivity index is 1.48. The van der Waals surface area contributed by atoms with Gasteiger partial charge < -0.3 is 19.3 Å². The van der Waals surface area contributed by atoms with Crippen LogP contribution in [0, 0.1) is 0 Å². The van der Waals surface area contributed by atoms with Gasteiger partial charge in [0.05, 0.1) is 35.5 Å². The van der Waals surface area contributed by atoms with Crippen LogP contribution < -0.4 is 19.1 Å². The van der Waals surface area contributed by atoms with Crippen molar-refractivity contribution in [3.63, 3.8) is 0 Å². The first kappa shape index (κ1) is 28.0. The number of amides is 1. The fourth-order valence-electron chi connectivity index (χ4n) is 4.93. The van der Waals surface area contributed by atoms with Crippen LogP contribution in [0.25, 0.3) is 16.0 Å². The van der Waals surface area contributed by atoms with Crippen LogP contribution in [-0.4, -0.2) is 35.5 Å². The summed E-state index contributed by atoms with van der Waals surface area (Å²) in [5.74, 6) is 0.573. The average Bonchev–Trinajstić information content (AvgIpc) is 3.57. The number of Topliss-reactive ketones (excluding diaryl/α,β-unsaturated/α-hetero) is 1. The van der Waals surface area contributed by atoms with E-state index in [4.69, 9.17) is 19.2 Å². The van der Waals surface area contributed by atoms with Crippen molar-refractivity contribution in [1.29, 1.82) is 0 Å². The molecular formula is C34H28N2O6S. The molecule has 0 aliphatic carbocycles. The van der Waals surface area contributed by atoms with E-state index in [1.807, 2.05) is 43.3 Å². The lowest BCUT2D eigenvalue weighted by Gasteiger charge is -2.23. The summed E-state index contributed by atoms with van der Waals surface area (Å²) < 4.78 is 17.9. The molecule has 1 aliphatic heterocycles. The Labute approximate surface area is 252 Å². The molecule has 1 aliphatic rings. The molecule has 0 radical (unpaired) electrons. The highest BCUT2D eigenvalue weighted by atomic mass is 32.1. The largest absolute Gasteiger partial charge is 0.507 e. The van der Waals surface area contributed by atoms with E-state index in [0.29, 0.717) is 51.4 Å². The molecule has 216 valence electrons. The summed E-state index contributed by atoms with van der Waals surface area (Å²) in [4.78, 5) is 33.4. The van der Waals surface area contributed by atoms with E-state index in [0.717, 1.165) is 11.1 Å². The van der Waals surface area contributed by atoms with Crippen molar-refractivity contribution in [2.24, 2.45) is 0 Å². The van der Waals surface area contributed by atoms with Crippen molar-refractivity contribution in [2.75, 3.05) is 18.6 Å². The van der Waals surface area contributed by atoms with Crippen LogP contribution in [0.15, 0.2) is 103 Å². The highest BCUT2D eigenvalue weighted by molar-refractivity contribution is 7.22. The lowest BCUT2D eigenvalue weighted by molar-refractivity contribution is -0.132. The standard InChI is InChI=1S/C34H28N2O6S/c1-3-18-41-23-14-12-21(13-15-23)31(37)29-30(22-8-7-11-26(19-22)42-24-9-5-4-6-10-24)36(33(39)32(29)38)34-35-27-17-16-25(40-2)20-28(27)43-34/h4-17,19-20,30,37H,3,18H2,1-2H3.